The number of carbonyl (C=O) groups is 2. The summed E-state index contributed by atoms with van der Waals surface area (Å²) in [5, 5.41) is 11.3. The molecule has 1 aromatic rings. The third-order valence-corrected chi connectivity index (χ3v) is 2.89. The molecule has 0 aliphatic heterocycles. The van der Waals surface area contributed by atoms with Crippen molar-refractivity contribution in [3.63, 3.8) is 0 Å². The minimum Gasteiger partial charge on any atom is -0.481 e. The van der Waals surface area contributed by atoms with Gasteiger partial charge in [-0.3, -0.25) is 9.59 Å². The minimum atomic E-state index is -0.851. The summed E-state index contributed by atoms with van der Waals surface area (Å²) >= 11 is 0. The first-order valence-corrected chi connectivity index (χ1v) is 6.19. The van der Waals surface area contributed by atoms with Crippen LogP contribution in [-0.2, 0) is 4.79 Å². The molecule has 19 heavy (non-hydrogen) atoms. The Morgan fingerprint density at radius 1 is 1.42 bits per heavy atom. The van der Waals surface area contributed by atoms with E-state index in [-0.39, 0.29) is 5.56 Å². The SMILES string of the molecule is Cc1ccc(C(=O)NCCCC(C)C(=O)O)c(F)c1. The standard InChI is InChI=1S/C14H18FNO3/c1-9-5-6-11(12(15)8-9)13(17)16-7-3-4-10(2)14(18)19/h5-6,8,10H,3-4,7H2,1-2H3,(H,16,17)(H,18,19). The molecular formula is C14H18FNO3. The number of benzene rings is 1. The maximum Gasteiger partial charge on any atom is 0.306 e. The van der Waals surface area contributed by atoms with Crippen LogP contribution in [0.1, 0.15) is 35.7 Å². The Bertz CT molecular complexity index is 474. The largest absolute Gasteiger partial charge is 0.481 e. The van der Waals surface area contributed by atoms with E-state index in [0.717, 1.165) is 5.56 Å². The third kappa shape index (κ3) is 4.69. The zero-order valence-corrected chi connectivity index (χ0v) is 11.1. The van der Waals surface area contributed by atoms with Crippen LogP contribution < -0.4 is 5.32 Å². The molecule has 0 aromatic heterocycles. The highest BCUT2D eigenvalue weighted by Gasteiger charge is 2.12. The first-order valence-electron chi connectivity index (χ1n) is 6.19. The van der Waals surface area contributed by atoms with Crippen LogP contribution in [0.2, 0.25) is 0 Å². The van der Waals surface area contributed by atoms with Gasteiger partial charge in [-0.05, 0) is 37.5 Å². The predicted octanol–water partition coefficient (Wildman–Crippen LogP) is 2.36. The molecule has 1 aromatic carbocycles. The number of carboxylic acids is 1. The van der Waals surface area contributed by atoms with Crippen LogP contribution in [0.5, 0.6) is 0 Å². The van der Waals surface area contributed by atoms with Gasteiger partial charge in [0.2, 0.25) is 0 Å². The van der Waals surface area contributed by atoms with E-state index in [2.05, 4.69) is 5.32 Å². The maximum absolute atomic E-state index is 13.5. The van der Waals surface area contributed by atoms with Gasteiger partial charge in [-0.15, -0.1) is 0 Å². The Balaban J connectivity index is 2.41. The van der Waals surface area contributed by atoms with Crippen LogP contribution in [0, 0.1) is 18.7 Å². The predicted molar refractivity (Wildman–Crippen MR) is 69.5 cm³/mol. The van der Waals surface area contributed by atoms with Crippen molar-refractivity contribution in [1.82, 2.24) is 5.32 Å². The lowest BCUT2D eigenvalue weighted by atomic mass is 10.1. The van der Waals surface area contributed by atoms with E-state index in [1.54, 1.807) is 19.9 Å². The molecule has 0 aliphatic carbocycles. The molecule has 1 atom stereocenters. The number of aliphatic carboxylic acids is 1. The monoisotopic (exact) mass is 267 g/mol. The van der Waals surface area contributed by atoms with E-state index >= 15 is 0 Å². The molecule has 1 rings (SSSR count). The van der Waals surface area contributed by atoms with Crippen molar-refractivity contribution in [1.29, 1.82) is 0 Å². The Morgan fingerprint density at radius 3 is 2.68 bits per heavy atom. The molecule has 0 fully saturated rings. The molecule has 1 amide bonds. The van der Waals surface area contributed by atoms with Crippen molar-refractivity contribution in [2.75, 3.05) is 6.54 Å². The van der Waals surface area contributed by atoms with Crippen molar-refractivity contribution in [2.45, 2.75) is 26.7 Å². The van der Waals surface area contributed by atoms with Crippen LogP contribution in [0.4, 0.5) is 4.39 Å². The second kappa shape index (κ2) is 6.87. The van der Waals surface area contributed by atoms with Crippen LogP contribution in [0.3, 0.4) is 0 Å². The van der Waals surface area contributed by atoms with E-state index in [0.29, 0.717) is 19.4 Å². The number of halogens is 1. The summed E-state index contributed by atoms with van der Waals surface area (Å²) in [6.45, 7) is 3.70. The van der Waals surface area contributed by atoms with E-state index in [4.69, 9.17) is 5.11 Å². The average molecular weight is 267 g/mol. The fraction of sp³-hybridized carbons (Fsp3) is 0.429. The highest BCUT2D eigenvalue weighted by atomic mass is 19.1. The van der Waals surface area contributed by atoms with Gasteiger partial charge in [-0.1, -0.05) is 13.0 Å². The van der Waals surface area contributed by atoms with Gasteiger partial charge in [-0.25, -0.2) is 4.39 Å². The second-order valence-corrected chi connectivity index (χ2v) is 4.62. The maximum atomic E-state index is 13.5. The smallest absolute Gasteiger partial charge is 0.306 e. The fourth-order valence-electron chi connectivity index (χ4n) is 1.63. The number of carboxylic acid groups (broad SMARTS) is 1. The summed E-state index contributed by atoms with van der Waals surface area (Å²) in [5.74, 6) is -2.30. The summed E-state index contributed by atoms with van der Waals surface area (Å²) in [6, 6.07) is 4.42. The molecule has 1 unspecified atom stereocenters. The van der Waals surface area contributed by atoms with E-state index in [9.17, 15) is 14.0 Å². The van der Waals surface area contributed by atoms with Gasteiger partial charge >= 0.3 is 5.97 Å². The number of hydrogen-bond donors (Lipinski definition) is 2. The summed E-state index contributed by atoms with van der Waals surface area (Å²) in [6.07, 6.45) is 1.03. The number of nitrogens with one attached hydrogen (secondary N) is 1. The van der Waals surface area contributed by atoms with Crippen LogP contribution >= 0.6 is 0 Å². The lowest BCUT2D eigenvalue weighted by Crippen LogP contribution is -2.26. The number of aryl methyl sites for hydroxylation is 1. The molecule has 0 bridgehead atoms. The van der Waals surface area contributed by atoms with Crippen molar-refractivity contribution < 1.29 is 19.1 Å². The Kier molecular flexibility index (Phi) is 5.48. The number of carbonyl (C=O) groups excluding carboxylic acids is 1. The topological polar surface area (TPSA) is 66.4 Å². The van der Waals surface area contributed by atoms with Gasteiger partial charge in [0.15, 0.2) is 0 Å². The molecular weight excluding hydrogens is 249 g/mol. The van der Waals surface area contributed by atoms with Crippen molar-refractivity contribution >= 4 is 11.9 Å². The van der Waals surface area contributed by atoms with Gasteiger partial charge in [0.05, 0.1) is 11.5 Å². The van der Waals surface area contributed by atoms with Gasteiger partial charge in [0.25, 0.3) is 5.91 Å². The number of amides is 1. The van der Waals surface area contributed by atoms with Crippen LogP contribution in [0.25, 0.3) is 0 Å². The highest BCUT2D eigenvalue weighted by Crippen LogP contribution is 2.10. The van der Waals surface area contributed by atoms with Crippen molar-refractivity contribution in [2.24, 2.45) is 5.92 Å². The summed E-state index contributed by atoms with van der Waals surface area (Å²) in [7, 11) is 0. The molecule has 5 heteroatoms. The van der Waals surface area contributed by atoms with Gasteiger partial charge in [0.1, 0.15) is 5.82 Å². The first-order chi connectivity index (χ1) is 8.91. The Morgan fingerprint density at radius 2 is 2.11 bits per heavy atom. The first kappa shape index (κ1) is 15.1. The van der Waals surface area contributed by atoms with Crippen molar-refractivity contribution in [3.05, 3.63) is 35.1 Å². The molecule has 0 spiro atoms. The van der Waals surface area contributed by atoms with Gasteiger partial charge < -0.3 is 10.4 Å². The zero-order chi connectivity index (χ0) is 14.4. The molecule has 0 saturated carbocycles. The lowest BCUT2D eigenvalue weighted by molar-refractivity contribution is -0.141. The molecule has 2 N–H and O–H groups in total. The third-order valence-electron chi connectivity index (χ3n) is 2.89. The van der Waals surface area contributed by atoms with Crippen LogP contribution in [-0.4, -0.2) is 23.5 Å². The summed E-state index contributed by atoms with van der Waals surface area (Å²) < 4.78 is 13.5. The number of hydrogen-bond acceptors (Lipinski definition) is 2. The van der Waals surface area contributed by atoms with Gasteiger partial charge in [-0.2, -0.15) is 0 Å². The molecule has 0 heterocycles. The molecule has 0 saturated heterocycles. The molecule has 0 aliphatic rings. The number of rotatable bonds is 6. The van der Waals surface area contributed by atoms with Gasteiger partial charge in [0, 0.05) is 6.54 Å². The normalized spacial score (nSPS) is 11.9. The van der Waals surface area contributed by atoms with E-state index < -0.39 is 23.6 Å². The zero-order valence-electron chi connectivity index (χ0n) is 11.1. The van der Waals surface area contributed by atoms with E-state index in [1.165, 1.54) is 12.1 Å². The summed E-state index contributed by atoms with van der Waals surface area (Å²) in [4.78, 5) is 22.3. The molecule has 0 radical (unpaired) electrons. The second-order valence-electron chi connectivity index (χ2n) is 4.62. The quantitative estimate of drug-likeness (QED) is 0.778. The fourth-order valence-corrected chi connectivity index (χ4v) is 1.63. The Hall–Kier alpha value is -1.91. The highest BCUT2D eigenvalue weighted by molar-refractivity contribution is 5.94. The molecule has 104 valence electrons. The van der Waals surface area contributed by atoms with Crippen molar-refractivity contribution in [3.8, 4) is 0 Å². The molecule has 4 nitrogen and oxygen atoms in total. The Labute approximate surface area is 111 Å². The lowest BCUT2D eigenvalue weighted by Gasteiger charge is -2.08. The minimum absolute atomic E-state index is 0.0110. The summed E-state index contributed by atoms with van der Waals surface area (Å²) in [5.41, 5.74) is 0.765. The van der Waals surface area contributed by atoms with Crippen LogP contribution in [0.15, 0.2) is 18.2 Å². The average Bonchev–Trinajstić information content (AvgIpc) is 2.33. The van der Waals surface area contributed by atoms with E-state index in [1.807, 2.05) is 0 Å².